The van der Waals surface area contributed by atoms with Gasteiger partial charge in [-0.3, -0.25) is 10.1 Å². The van der Waals surface area contributed by atoms with Crippen LogP contribution in [0.15, 0.2) is 18.2 Å². The van der Waals surface area contributed by atoms with Gasteiger partial charge in [0.2, 0.25) is 5.91 Å². The van der Waals surface area contributed by atoms with Crippen molar-refractivity contribution in [2.75, 3.05) is 11.4 Å². The van der Waals surface area contributed by atoms with Gasteiger partial charge in [-0.15, -0.1) is 0 Å². The maximum absolute atomic E-state index is 12.3. The van der Waals surface area contributed by atoms with E-state index in [9.17, 15) is 4.79 Å². The van der Waals surface area contributed by atoms with Gasteiger partial charge in [0.1, 0.15) is 0 Å². The molecule has 0 spiro atoms. The minimum absolute atomic E-state index is 0.0521. The molecule has 0 aliphatic carbocycles. The van der Waals surface area contributed by atoms with E-state index in [-0.39, 0.29) is 17.5 Å². The van der Waals surface area contributed by atoms with Crippen molar-refractivity contribution in [1.29, 1.82) is 0 Å². The number of rotatable bonds is 1. The van der Waals surface area contributed by atoms with Crippen LogP contribution >= 0.6 is 0 Å². The van der Waals surface area contributed by atoms with Crippen LogP contribution in [0.3, 0.4) is 0 Å². The second kappa shape index (κ2) is 4.39. The predicted molar refractivity (Wildman–Crippen MR) is 74.9 cm³/mol. The number of anilines is 1. The predicted octanol–water partition coefficient (Wildman–Crippen LogP) is 2.41. The fourth-order valence-electron chi connectivity index (χ4n) is 2.63. The molecule has 1 aliphatic heterocycles. The van der Waals surface area contributed by atoms with E-state index in [2.05, 4.69) is 39.1 Å². The number of nitrogens with zero attached hydrogens (tertiary/aromatic N) is 1. The first-order valence-corrected chi connectivity index (χ1v) is 6.47. The van der Waals surface area contributed by atoms with Crippen molar-refractivity contribution in [3.05, 3.63) is 29.3 Å². The quantitative estimate of drug-likeness (QED) is 0.825. The molecular formula is C15H22N2O. The van der Waals surface area contributed by atoms with Crippen LogP contribution < -0.4 is 10.2 Å². The molecule has 1 N–H and O–H groups in total. The van der Waals surface area contributed by atoms with Crippen molar-refractivity contribution in [1.82, 2.24) is 5.32 Å². The fraction of sp³-hybridized carbons (Fsp3) is 0.533. The lowest BCUT2D eigenvalue weighted by Gasteiger charge is -2.42. The first kappa shape index (κ1) is 13.1. The van der Waals surface area contributed by atoms with Crippen LogP contribution in [-0.4, -0.2) is 24.0 Å². The summed E-state index contributed by atoms with van der Waals surface area (Å²) in [5, 5.41) is 3.35. The Morgan fingerprint density at radius 1 is 1.33 bits per heavy atom. The molecule has 0 aromatic heterocycles. The largest absolute Gasteiger partial charge is 0.309 e. The molecule has 18 heavy (non-hydrogen) atoms. The van der Waals surface area contributed by atoms with Gasteiger partial charge in [0.15, 0.2) is 0 Å². The zero-order valence-corrected chi connectivity index (χ0v) is 11.9. The van der Waals surface area contributed by atoms with Crippen LogP contribution in [-0.2, 0) is 4.79 Å². The number of benzene rings is 1. The fourth-order valence-corrected chi connectivity index (χ4v) is 2.63. The maximum atomic E-state index is 12.3. The van der Waals surface area contributed by atoms with Crippen molar-refractivity contribution in [2.45, 2.75) is 46.2 Å². The molecule has 1 aromatic rings. The van der Waals surface area contributed by atoms with Crippen molar-refractivity contribution in [3.8, 4) is 0 Å². The SMILES string of the molecule is Cc1cccc(N2CC(C)(C)NC(C)C2=O)c1C. The average molecular weight is 246 g/mol. The van der Waals surface area contributed by atoms with Gasteiger partial charge >= 0.3 is 0 Å². The number of amides is 1. The molecule has 1 fully saturated rings. The number of carbonyl (C=O) groups excluding carboxylic acids is 1. The van der Waals surface area contributed by atoms with E-state index in [1.165, 1.54) is 11.1 Å². The Morgan fingerprint density at radius 2 is 2.00 bits per heavy atom. The molecule has 1 atom stereocenters. The van der Waals surface area contributed by atoms with Gasteiger partial charge in [0.25, 0.3) is 0 Å². The van der Waals surface area contributed by atoms with Crippen LogP contribution in [0.5, 0.6) is 0 Å². The van der Waals surface area contributed by atoms with Gasteiger partial charge in [-0.2, -0.15) is 0 Å². The Kier molecular flexibility index (Phi) is 3.20. The van der Waals surface area contributed by atoms with E-state index in [0.717, 1.165) is 5.69 Å². The number of carbonyl (C=O) groups is 1. The third-order valence-electron chi connectivity index (χ3n) is 3.66. The lowest BCUT2D eigenvalue weighted by molar-refractivity contribution is -0.122. The monoisotopic (exact) mass is 246 g/mol. The van der Waals surface area contributed by atoms with Gasteiger partial charge in [-0.05, 0) is 51.8 Å². The van der Waals surface area contributed by atoms with Gasteiger partial charge in [-0.1, -0.05) is 12.1 Å². The van der Waals surface area contributed by atoms with Crippen LogP contribution in [0, 0.1) is 13.8 Å². The minimum atomic E-state index is -0.131. The Bertz CT molecular complexity index is 479. The highest BCUT2D eigenvalue weighted by molar-refractivity contribution is 5.98. The number of nitrogens with one attached hydrogen (secondary N) is 1. The lowest BCUT2D eigenvalue weighted by atomic mass is 9.96. The molecule has 1 unspecified atom stereocenters. The highest BCUT2D eigenvalue weighted by Crippen LogP contribution is 2.27. The third-order valence-corrected chi connectivity index (χ3v) is 3.66. The molecular weight excluding hydrogens is 224 g/mol. The second-order valence-electron chi connectivity index (χ2n) is 5.89. The van der Waals surface area contributed by atoms with E-state index < -0.39 is 0 Å². The number of aryl methyl sites for hydroxylation is 1. The summed E-state index contributed by atoms with van der Waals surface area (Å²) < 4.78 is 0. The van der Waals surface area contributed by atoms with Gasteiger partial charge < -0.3 is 4.90 Å². The lowest BCUT2D eigenvalue weighted by Crippen LogP contribution is -2.64. The molecule has 0 radical (unpaired) electrons. The first-order valence-electron chi connectivity index (χ1n) is 6.47. The summed E-state index contributed by atoms with van der Waals surface area (Å²) >= 11 is 0. The van der Waals surface area contributed by atoms with Crippen molar-refractivity contribution < 1.29 is 4.79 Å². The molecule has 98 valence electrons. The first-order chi connectivity index (χ1) is 8.32. The zero-order valence-electron chi connectivity index (χ0n) is 11.9. The maximum Gasteiger partial charge on any atom is 0.243 e. The second-order valence-corrected chi connectivity index (χ2v) is 5.89. The van der Waals surface area contributed by atoms with Crippen LogP contribution in [0.25, 0.3) is 0 Å². The van der Waals surface area contributed by atoms with E-state index in [1.807, 2.05) is 24.0 Å². The van der Waals surface area contributed by atoms with Gasteiger partial charge in [-0.25, -0.2) is 0 Å². The van der Waals surface area contributed by atoms with Crippen molar-refractivity contribution >= 4 is 11.6 Å². The highest BCUT2D eigenvalue weighted by atomic mass is 16.2. The highest BCUT2D eigenvalue weighted by Gasteiger charge is 2.36. The normalized spacial score (nSPS) is 23.3. The van der Waals surface area contributed by atoms with Gasteiger partial charge in [0, 0.05) is 17.8 Å². The molecule has 2 rings (SSSR count). The Labute approximate surface area is 109 Å². The molecule has 1 amide bonds. The molecule has 3 heteroatoms. The van der Waals surface area contributed by atoms with Gasteiger partial charge in [0.05, 0.1) is 6.04 Å². The minimum Gasteiger partial charge on any atom is -0.309 e. The summed E-state index contributed by atoms with van der Waals surface area (Å²) in [7, 11) is 0. The number of hydrogen-bond acceptors (Lipinski definition) is 2. The summed E-state index contributed by atoms with van der Waals surface area (Å²) in [6.07, 6.45) is 0. The standard InChI is InChI=1S/C15H22N2O/c1-10-7-6-8-13(11(10)2)17-9-15(4,5)16-12(3)14(17)18/h6-8,12,16H,9H2,1-5H3. The summed E-state index contributed by atoms with van der Waals surface area (Å²) in [4.78, 5) is 14.3. The Hall–Kier alpha value is -1.35. The molecule has 0 saturated carbocycles. The summed E-state index contributed by atoms with van der Waals surface area (Å²) in [5.41, 5.74) is 3.41. The van der Waals surface area contributed by atoms with E-state index in [0.29, 0.717) is 6.54 Å². The van der Waals surface area contributed by atoms with E-state index >= 15 is 0 Å². The molecule has 1 heterocycles. The van der Waals surface area contributed by atoms with Crippen molar-refractivity contribution in [2.24, 2.45) is 0 Å². The topological polar surface area (TPSA) is 32.3 Å². The van der Waals surface area contributed by atoms with Crippen LogP contribution in [0.4, 0.5) is 5.69 Å². The van der Waals surface area contributed by atoms with E-state index in [4.69, 9.17) is 0 Å². The molecule has 1 aromatic carbocycles. The van der Waals surface area contributed by atoms with Crippen LogP contribution in [0.2, 0.25) is 0 Å². The molecule has 0 bridgehead atoms. The van der Waals surface area contributed by atoms with Crippen LogP contribution in [0.1, 0.15) is 31.9 Å². The van der Waals surface area contributed by atoms with Crippen molar-refractivity contribution in [3.63, 3.8) is 0 Å². The Morgan fingerprint density at radius 3 is 2.67 bits per heavy atom. The smallest absolute Gasteiger partial charge is 0.243 e. The Balaban J connectivity index is 2.42. The summed E-state index contributed by atoms with van der Waals surface area (Å²) in [5.74, 6) is 0.156. The van der Waals surface area contributed by atoms with E-state index in [1.54, 1.807) is 0 Å². The molecule has 3 nitrogen and oxygen atoms in total. The number of piperazine rings is 1. The summed E-state index contributed by atoms with van der Waals surface area (Å²) in [6.45, 7) is 11.1. The zero-order chi connectivity index (χ0) is 13.5. The molecule has 1 aliphatic rings. The average Bonchev–Trinajstić information content (AvgIpc) is 2.27. The number of hydrogen-bond donors (Lipinski definition) is 1. The summed E-state index contributed by atoms with van der Waals surface area (Å²) in [6, 6.07) is 6.01. The molecule has 1 saturated heterocycles. The third kappa shape index (κ3) is 2.27.